The van der Waals surface area contributed by atoms with Gasteiger partial charge in [-0.05, 0) is 36.4 Å². The van der Waals surface area contributed by atoms with E-state index < -0.39 is 17.9 Å². The molecular formula is C30H24F3N3O9. The average Bonchev–Trinajstić information content (AvgIpc) is 3.85. The number of carbonyl (C=O) groups excluding carboxylic acids is 3. The highest BCUT2D eigenvalue weighted by Crippen LogP contribution is 1.97. The number of hydrogen-bond donors (Lipinski definition) is 0. The molecule has 45 heavy (non-hydrogen) atoms. The lowest BCUT2D eigenvalue weighted by molar-refractivity contribution is -0.843. The largest absolute Gasteiger partial charge is 0.542 e. The molecule has 6 aromatic heterocycles. The van der Waals surface area contributed by atoms with Crippen LogP contribution in [0.4, 0.5) is 13.4 Å². The van der Waals surface area contributed by atoms with Gasteiger partial charge in [-0.15, -0.1) is 0 Å². The minimum atomic E-state index is -1.28. The van der Waals surface area contributed by atoms with Crippen molar-refractivity contribution in [2.45, 2.75) is 0 Å². The van der Waals surface area contributed by atoms with Crippen LogP contribution in [0.25, 0.3) is 0 Å². The summed E-state index contributed by atoms with van der Waals surface area (Å²) < 4.78 is 48.8. The number of aromatic nitrogens is 3. The van der Waals surface area contributed by atoms with Gasteiger partial charge in [0.15, 0.2) is 0 Å². The second-order valence-electron chi connectivity index (χ2n) is 7.45. The third-order valence-electron chi connectivity index (χ3n) is 4.20. The number of carboxylic acid groups (broad SMARTS) is 3. The van der Waals surface area contributed by atoms with E-state index in [0.717, 1.165) is 0 Å². The number of rotatable bonds is 3. The van der Waals surface area contributed by atoms with Gasteiger partial charge < -0.3 is 43.0 Å². The fourth-order valence-electron chi connectivity index (χ4n) is 2.32. The Morgan fingerprint density at radius 2 is 0.644 bits per heavy atom. The van der Waals surface area contributed by atoms with Crippen LogP contribution in [0, 0.1) is 0 Å². The summed E-state index contributed by atoms with van der Waals surface area (Å²) in [5.41, 5.74) is 0. The normalized spacial score (nSPS) is 8.87. The van der Waals surface area contributed by atoms with Gasteiger partial charge in [0.05, 0.1) is 32.2 Å². The van der Waals surface area contributed by atoms with Gasteiger partial charge in [0.2, 0.25) is 37.2 Å². The summed E-state index contributed by atoms with van der Waals surface area (Å²) in [6.07, 6.45) is 11.8. The highest BCUT2D eigenvalue weighted by atomic mass is 19.2. The first-order chi connectivity index (χ1) is 21.6. The van der Waals surface area contributed by atoms with E-state index in [1.165, 1.54) is 92.4 Å². The SMILES string of the molecule is F[n+]1ccccc1.F[n+]1ccccc1.F[n+]1ccccc1.O=C([O-])c1ccco1.O=C([O-])c1ccco1.O=C([O-])c1ccco1. The Kier molecular flexibility index (Phi) is 18.0. The molecule has 6 aromatic rings. The van der Waals surface area contributed by atoms with Crippen LogP contribution in [-0.2, 0) is 0 Å². The van der Waals surface area contributed by atoms with Crippen molar-refractivity contribution in [3.05, 3.63) is 164 Å². The van der Waals surface area contributed by atoms with Crippen LogP contribution in [0.5, 0.6) is 0 Å². The number of nitrogens with zero attached hydrogens (tertiary/aromatic N) is 3. The second kappa shape index (κ2) is 22.1. The standard InChI is InChI=1S/3C5H5FN.3C5H4O3/c3*6-7-4-2-1-3-5-7;3*6-5(7)4-2-1-3-8-4/h3*1-5H;3*1-3H,(H,6,7)/q3*+1;;;/p-3. The van der Waals surface area contributed by atoms with Gasteiger partial charge in [0.25, 0.3) is 0 Å². The lowest BCUT2D eigenvalue weighted by Crippen LogP contribution is -2.21. The zero-order valence-corrected chi connectivity index (χ0v) is 23.0. The Morgan fingerprint density at radius 1 is 0.422 bits per heavy atom. The molecule has 0 unspecified atom stereocenters. The van der Waals surface area contributed by atoms with Crippen LogP contribution >= 0.6 is 0 Å². The summed E-state index contributed by atoms with van der Waals surface area (Å²) in [4.78, 5) is 31.1. The first-order valence-corrected chi connectivity index (χ1v) is 12.2. The van der Waals surface area contributed by atoms with Crippen molar-refractivity contribution in [1.29, 1.82) is 0 Å². The van der Waals surface area contributed by atoms with Gasteiger partial charge in [-0.3, -0.25) is 0 Å². The van der Waals surface area contributed by atoms with E-state index in [0.29, 0.717) is 14.4 Å². The van der Waals surface area contributed by atoms with Gasteiger partial charge in [-0.2, -0.15) is 0 Å². The maximum absolute atomic E-state index is 11.8. The third-order valence-corrected chi connectivity index (χ3v) is 4.20. The van der Waals surface area contributed by atoms with Crippen molar-refractivity contribution in [3.63, 3.8) is 0 Å². The number of carbonyl (C=O) groups is 3. The molecule has 0 amide bonds. The summed E-state index contributed by atoms with van der Waals surface area (Å²) in [6, 6.07) is 23.5. The maximum atomic E-state index is 11.8. The first-order valence-electron chi connectivity index (χ1n) is 12.2. The van der Waals surface area contributed by atoms with Crippen molar-refractivity contribution < 1.29 is 70.8 Å². The van der Waals surface area contributed by atoms with E-state index in [4.69, 9.17) is 0 Å². The Morgan fingerprint density at radius 3 is 0.733 bits per heavy atom. The molecule has 0 radical (unpaired) electrons. The predicted octanol–water partition coefficient (Wildman–Crippen LogP) is 1.05. The molecule has 12 nitrogen and oxygen atoms in total. The summed E-state index contributed by atoms with van der Waals surface area (Å²) >= 11 is 0. The minimum Gasteiger partial charge on any atom is -0.542 e. The second-order valence-corrected chi connectivity index (χ2v) is 7.45. The molecule has 0 aliphatic rings. The van der Waals surface area contributed by atoms with E-state index in [9.17, 15) is 43.1 Å². The average molecular weight is 628 g/mol. The summed E-state index contributed by atoms with van der Waals surface area (Å²) in [7, 11) is 0. The predicted molar refractivity (Wildman–Crippen MR) is 139 cm³/mol. The van der Waals surface area contributed by atoms with Gasteiger partial charge >= 0.3 is 0 Å². The molecule has 0 aliphatic heterocycles. The molecular weight excluding hydrogens is 603 g/mol. The lowest BCUT2D eigenvalue weighted by atomic mass is 10.5. The fraction of sp³-hybridized carbons (Fsp3) is 0. The Hall–Kier alpha value is -6.51. The van der Waals surface area contributed by atoms with Crippen LogP contribution in [-0.4, -0.2) is 17.9 Å². The number of pyridine rings is 3. The fourth-order valence-corrected chi connectivity index (χ4v) is 2.32. The molecule has 6 heterocycles. The zero-order chi connectivity index (χ0) is 33.3. The highest BCUT2D eigenvalue weighted by Gasteiger charge is 1.92. The Bertz CT molecular complexity index is 1390. The van der Waals surface area contributed by atoms with Crippen LogP contribution in [0.1, 0.15) is 31.7 Å². The minimum absolute atomic E-state index is 0.134. The van der Waals surface area contributed by atoms with Gasteiger partial charge in [-0.1, -0.05) is 18.2 Å². The number of aromatic carboxylic acids is 3. The molecule has 0 bridgehead atoms. The van der Waals surface area contributed by atoms with Gasteiger partial charge in [0, 0.05) is 50.8 Å². The monoisotopic (exact) mass is 627 g/mol. The van der Waals surface area contributed by atoms with Crippen molar-refractivity contribution in [3.8, 4) is 0 Å². The summed E-state index contributed by atoms with van der Waals surface area (Å²) in [5.74, 6) is -4.25. The van der Waals surface area contributed by atoms with Crippen LogP contribution in [0.3, 0.4) is 0 Å². The van der Waals surface area contributed by atoms with E-state index in [-0.39, 0.29) is 17.3 Å². The summed E-state index contributed by atoms with van der Waals surface area (Å²) in [6.45, 7) is 0. The molecule has 0 aromatic carbocycles. The van der Waals surface area contributed by atoms with Crippen molar-refractivity contribution in [2.24, 2.45) is 0 Å². The number of carboxylic acids is 3. The number of furan rings is 3. The Balaban J connectivity index is 0.000000270. The first kappa shape index (κ1) is 36.5. The highest BCUT2D eigenvalue weighted by molar-refractivity contribution is 5.82. The smallest absolute Gasteiger partial charge is 0.218 e. The molecule has 0 fully saturated rings. The Labute approximate surface area is 253 Å². The zero-order valence-electron chi connectivity index (χ0n) is 23.0. The molecule has 6 rings (SSSR count). The van der Waals surface area contributed by atoms with Crippen molar-refractivity contribution in [1.82, 2.24) is 0 Å². The van der Waals surface area contributed by atoms with Crippen molar-refractivity contribution in [2.75, 3.05) is 0 Å². The number of hydrogen-bond acceptors (Lipinski definition) is 9. The molecule has 0 N–H and O–H groups in total. The van der Waals surface area contributed by atoms with Crippen LogP contribution in [0.15, 0.2) is 160 Å². The molecule has 0 saturated carbocycles. The van der Waals surface area contributed by atoms with E-state index in [1.807, 2.05) is 0 Å². The van der Waals surface area contributed by atoms with Crippen molar-refractivity contribution >= 4 is 17.9 Å². The molecule has 0 atom stereocenters. The maximum Gasteiger partial charge on any atom is 0.218 e. The van der Waals surface area contributed by atoms with Gasteiger partial charge in [0.1, 0.15) is 35.2 Å². The number of halogens is 3. The van der Waals surface area contributed by atoms with Crippen LogP contribution in [0.2, 0.25) is 0 Å². The quantitative estimate of drug-likeness (QED) is 0.278. The molecule has 0 spiro atoms. The topological polar surface area (TPSA) is 171 Å². The third kappa shape index (κ3) is 18.5. The summed E-state index contributed by atoms with van der Waals surface area (Å²) in [5, 5.41) is 29.6. The van der Waals surface area contributed by atoms with Crippen LogP contribution < -0.4 is 29.7 Å². The van der Waals surface area contributed by atoms with Gasteiger partial charge in [-0.25, -0.2) is 0 Å². The molecule has 15 heteroatoms. The molecule has 234 valence electrons. The van der Waals surface area contributed by atoms with E-state index in [1.54, 1.807) is 54.6 Å². The molecule has 0 aliphatic carbocycles. The molecule has 0 saturated heterocycles. The lowest BCUT2D eigenvalue weighted by Gasteiger charge is -1.91. The van der Waals surface area contributed by atoms with E-state index >= 15 is 0 Å². The van der Waals surface area contributed by atoms with E-state index in [2.05, 4.69) is 13.3 Å².